The number of piperidine rings is 1. The highest BCUT2D eigenvalue weighted by Crippen LogP contribution is 2.27. The summed E-state index contributed by atoms with van der Waals surface area (Å²) in [7, 11) is 0.634. The SMILES string of the molecule is CN(C)CC1CCCN1S(=O)(=O)N1CCC(CO)CC1. The molecule has 1 atom stereocenters. The summed E-state index contributed by atoms with van der Waals surface area (Å²) < 4.78 is 28.8. The molecule has 1 unspecified atom stereocenters. The van der Waals surface area contributed by atoms with Crippen molar-refractivity contribution in [1.29, 1.82) is 0 Å². The van der Waals surface area contributed by atoms with Crippen LogP contribution in [0, 0.1) is 5.92 Å². The molecule has 0 aliphatic carbocycles. The third kappa shape index (κ3) is 3.51. The molecule has 0 bridgehead atoms. The highest BCUT2D eigenvalue weighted by molar-refractivity contribution is 7.86. The van der Waals surface area contributed by atoms with E-state index in [0.717, 1.165) is 32.2 Å². The monoisotopic (exact) mass is 305 g/mol. The lowest BCUT2D eigenvalue weighted by atomic mass is 10.00. The van der Waals surface area contributed by atoms with Gasteiger partial charge in [0.25, 0.3) is 10.2 Å². The average molecular weight is 305 g/mol. The molecule has 0 radical (unpaired) electrons. The average Bonchev–Trinajstić information content (AvgIpc) is 2.87. The van der Waals surface area contributed by atoms with E-state index in [2.05, 4.69) is 4.90 Å². The maximum Gasteiger partial charge on any atom is 0.282 e. The van der Waals surface area contributed by atoms with Crippen LogP contribution < -0.4 is 0 Å². The van der Waals surface area contributed by atoms with Gasteiger partial charge in [0, 0.05) is 38.8 Å². The van der Waals surface area contributed by atoms with Gasteiger partial charge in [-0.15, -0.1) is 0 Å². The number of likely N-dealkylation sites (N-methyl/N-ethyl adjacent to an activating group) is 1. The first kappa shape index (κ1) is 16.2. The second-order valence-corrected chi connectivity index (χ2v) is 8.08. The van der Waals surface area contributed by atoms with Crippen LogP contribution in [0.25, 0.3) is 0 Å². The molecule has 0 saturated carbocycles. The molecule has 2 rings (SSSR count). The van der Waals surface area contributed by atoms with Crippen LogP contribution in [0.3, 0.4) is 0 Å². The van der Waals surface area contributed by atoms with Gasteiger partial charge in [-0.1, -0.05) is 0 Å². The van der Waals surface area contributed by atoms with Crippen molar-refractivity contribution in [2.75, 3.05) is 46.9 Å². The van der Waals surface area contributed by atoms with Crippen molar-refractivity contribution in [3.05, 3.63) is 0 Å². The Hall–Kier alpha value is -0.210. The topological polar surface area (TPSA) is 64.1 Å². The van der Waals surface area contributed by atoms with Crippen molar-refractivity contribution in [1.82, 2.24) is 13.5 Å². The fraction of sp³-hybridized carbons (Fsp3) is 1.00. The molecule has 0 aromatic carbocycles. The Kier molecular flexibility index (Phi) is 5.42. The van der Waals surface area contributed by atoms with E-state index in [4.69, 9.17) is 5.11 Å². The number of rotatable bonds is 5. The van der Waals surface area contributed by atoms with Gasteiger partial charge < -0.3 is 10.0 Å². The number of aliphatic hydroxyl groups excluding tert-OH is 1. The molecule has 2 heterocycles. The van der Waals surface area contributed by atoms with Gasteiger partial charge in [-0.2, -0.15) is 17.0 Å². The normalized spacial score (nSPS) is 27.5. The van der Waals surface area contributed by atoms with E-state index < -0.39 is 10.2 Å². The zero-order valence-corrected chi connectivity index (χ0v) is 13.3. The maximum atomic E-state index is 12.7. The summed E-state index contributed by atoms with van der Waals surface area (Å²) in [4.78, 5) is 2.05. The lowest BCUT2D eigenvalue weighted by Gasteiger charge is -2.35. The molecular weight excluding hydrogens is 278 g/mol. The minimum Gasteiger partial charge on any atom is -0.396 e. The van der Waals surface area contributed by atoms with Crippen LogP contribution in [0.5, 0.6) is 0 Å². The van der Waals surface area contributed by atoms with Gasteiger partial charge in [-0.05, 0) is 45.7 Å². The van der Waals surface area contributed by atoms with Gasteiger partial charge in [0.1, 0.15) is 0 Å². The zero-order valence-electron chi connectivity index (χ0n) is 12.5. The van der Waals surface area contributed by atoms with E-state index in [1.165, 1.54) is 0 Å². The molecular formula is C13H27N3O3S. The van der Waals surface area contributed by atoms with Crippen LogP contribution in [0.15, 0.2) is 0 Å². The van der Waals surface area contributed by atoms with Gasteiger partial charge >= 0.3 is 0 Å². The molecule has 2 aliphatic heterocycles. The van der Waals surface area contributed by atoms with Crippen molar-refractivity contribution < 1.29 is 13.5 Å². The molecule has 0 amide bonds. The Balaban J connectivity index is 2.02. The first-order valence-corrected chi connectivity index (χ1v) is 8.87. The minimum atomic E-state index is -3.33. The van der Waals surface area contributed by atoms with Crippen LogP contribution in [-0.2, 0) is 10.2 Å². The molecule has 2 fully saturated rings. The number of hydrogen-bond donors (Lipinski definition) is 1. The van der Waals surface area contributed by atoms with Crippen LogP contribution in [0.4, 0.5) is 0 Å². The van der Waals surface area contributed by atoms with E-state index in [1.807, 2.05) is 14.1 Å². The third-order valence-electron chi connectivity index (χ3n) is 4.35. The smallest absolute Gasteiger partial charge is 0.282 e. The molecule has 0 spiro atoms. The minimum absolute atomic E-state index is 0.102. The van der Waals surface area contributed by atoms with E-state index in [0.29, 0.717) is 19.6 Å². The highest BCUT2D eigenvalue weighted by atomic mass is 32.2. The van der Waals surface area contributed by atoms with Gasteiger partial charge in [0.05, 0.1) is 0 Å². The van der Waals surface area contributed by atoms with E-state index in [-0.39, 0.29) is 18.6 Å². The molecule has 2 aliphatic rings. The maximum absolute atomic E-state index is 12.7. The van der Waals surface area contributed by atoms with Crippen molar-refractivity contribution in [3.8, 4) is 0 Å². The number of aliphatic hydroxyl groups is 1. The standard InChI is InChI=1S/C13H27N3O3S/c1-14(2)10-13-4-3-7-16(13)20(18,19)15-8-5-12(11-17)6-9-15/h12-13,17H,3-11H2,1-2H3. The predicted octanol–water partition coefficient (Wildman–Crippen LogP) is -0.0385. The summed E-state index contributed by atoms with van der Waals surface area (Å²) in [6.07, 6.45) is 3.43. The van der Waals surface area contributed by atoms with Crippen LogP contribution in [0.2, 0.25) is 0 Å². The van der Waals surface area contributed by atoms with Gasteiger partial charge in [-0.25, -0.2) is 0 Å². The fourth-order valence-corrected chi connectivity index (χ4v) is 5.07. The molecule has 0 aromatic heterocycles. The second-order valence-electron chi connectivity index (χ2n) is 6.20. The molecule has 118 valence electrons. The summed E-state index contributed by atoms with van der Waals surface area (Å²) in [6, 6.07) is 0.102. The summed E-state index contributed by atoms with van der Waals surface area (Å²) in [5.74, 6) is 0.262. The van der Waals surface area contributed by atoms with Gasteiger partial charge in [0.15, 0.2) is 0 Å². The van der Waals surface area contributed by atoms with Crippen molar-refractivity contribution in [3.63, 3.8) is 0 Å². The zero-order chi connectivity index (χ0) is 14.8. The Bertz CT molecular complexity index is 405. The second kappa shape index (κ2) is 6.70. The quantitative estimate of drug-likeness (QED) is 0.774. The van der Waals surface area contributed by atoms with Crippen LogP contribution >= 0.6 is 0 Å². The molecule has 2 saturated heterocycles. The lowest BCUT2D eigenvalue weighted by molar-refractivity contribution is 0.164. The van der Waals surface area contributed by atoms with Gasteiger partial charge in [0.2, 0.25) is 0 Å². The van der Waals surface area contributed by atoms with Crippen molar-refractivity contribution >= 4 is 10.2 Å². The number of nitrogens with zero attached hydrogens (tertiary/aromatic N) is 3. The van der Waals surface area contributed by atoms with Crippen molar-refractivity contribution in [2.24, 2.45) is 5.92 Å². The Morgan fingerprint density at radius 2 is 1.80 bits per heavy atom. The Morgan fingerprint density at radius 1 is 1.15 bits per heavy atom. The molecule has 20 heavy (non-hydrogen) atoms. The predicted molar refractivity (Wildman–Crippen MR) is 78.6 cm³/mol. The van der Waals surface area contributed by atoms with Crippen LogP contribution in [-0.4, -0.2) is 80.0 Å². The van der Waals surface area contributed by atoms with Gasteiger partial charge in [-0.3, -0.25) is 0 Å². The Morgan fingerprint density at radius 3 is 2.35 bits per heavy atom. The first-order valence-electron chi connectivity index (χ1n) is 7.47. The first-order chi connectivity index (χ1) is 9.45. The van der Waals surface area contributed by atoms with E-state index in [1.54, 1.807) is 8.61 Å². The largest absolute Gasteiger partial charge is 0.396 e. The summed E-state index contributed by atoms with van der Waals surface area (Å²) in [5.41, 5.74) is 0. The van der Waals surface area contributed by atoms with Crippen molar-refractivity contribution in [2.45, 2.75) is 31.7 Å². The molecule has 1 N–H and O–H groups in total. The summed E-state index contributed by atoms with van der Waals surface area (Å²) in [5, 5.41) is 9.15. The molecule has 6 nitrogen and oxygen atoms in total. The highest BCUT2D eigenvalue weighted by Gasteiger charge is 2.39. The number of hydrogen-bond acceptors (Lipinski definition) is 4. The fourth-order valence-electron chi connectivity index (χ4n) is 3.19. The van der Waals surface area contributed by atoms with E-state index >= 15 is 0 Å². The Labute approximate surface area is 122 Å². The van der Waals surface area contributed by atoms with Crippen LogP contribution in [0.1, 0.15) is 25.7 Å². The molecule has 0 aromatic rings. The van der Waals surface area contributed by atoms with E-state index in [9.17, 15) is 8.42 Å². The molecule has 7 heteroatoms. The third-order valence-corrected chi connectivity index (χ3v) is 6.44. The summed E-state index contributed by atoms with van der Waals surface area (Å²) >= 11 is 0. The lowest BCUT2D eigenvalue weighted by Crippen LogP contribution is -2.50. The summed E-state index contributed by atoms with van der Waals surface area (Å²) in [6.45, 7) is 2.67.